The summed E-state index contributed by atoms with van der Waals surface area (Å²) in [6.07, 6.45) is 6.03. The number of carbonyl (C=O) groups excluding carboxylic acids is 1. The molecule has 2 aliphatic carbocycles. The molecule has 1 spiro atoms. The van der Waals surface area contributed by atoms with Gasteiger partial charge in [0.15, 0.2) is 0 Å². The highest BCUT2D eigenvalue weighted by Gasteiger charge is 2.61. The number of amides is 1. The van der Waals surface area contributed by atoms with Gasteiger partial charge in [-0.15, -0.1) is 0 Å². The fourth-order valence-corrected chi connectivity index (χ4v) is 5.41. The molecule has 5 rings (SSSR count). The molecule has 1 amide bonds. The van der Waals surface area contributed by atoms with Crippen LogP contribution in [0.25, 0.3) is 0 Å². The molecular formula is C21H25N5O4S. The number of sulfonamides is 1. The lowest BCUT2D eigenvalue weighted by Gasteiger charge is -2.33. The Morgan fingerprint density at radius 2 is 1.94 bits per heavy atom. The lowest BCUT2D eigenvalue weighted by atomic mass is 9.92. The van der Waals surface area contributed by atoms with Gasteiger partial charge in [0.05, 0.1) is 16.4 Å². The molecule has 2 atom stereocenters. The number of benzene rings is 1. The smallest absolute Gasteiger partial charge is 0.240 e. The second-order valence-electron chi connectivity index (χ2n) is 8.52. The Morgan fingerprint density at radius 1 is 1.19 bits per heavy atom. The monoisotopic (exact) mass is 443 g/mol. The van der Waals surface area contributed by atoms with E-state index in [9.17, 15) is 18.3 Å². The largest absolute Gasteiger partial charge is 0.393 e. The summed E-state index contributed by atoms with van der Waals surface area (Å²) in [6.45, 7) is 0. The maximum atomic E-state index is 13.3. The van der Waals surface area contributed by atoms with Gasteiger partial charge in [-0.25, -0.2) is 18.1 Å². The van der Waals surface area contributed by atoms with Gasteiger partial charge in [0, 0.05) is 23.5 Å². The Hall–Kier alpha value is -2.56. The summed E-state index contributed by atoms with van der Waals surface area (Å²) < 4.78 is 26.1. The molecule has 9 nitrogen and oxygen atoms in total. The van der Waals surface area contributed by atoms with E-state index in [1.807, 2.05) is 0 Å². The molecule has 0 saturated heterocycles. The van der Waals surface area contributed by atoms with Crippen molar-refractivity contribution < 1.29 is 18.3 Å². The Labute approximate surface area is 181 Å². The number of rotatable bonds is 5. The van der Waals surface area contributed by atoms with Crippen molar-refractivity contribution in [2.75, 3.05) is 17.3 Å². The Balaban J connectivity index is 1.44. The number of aromatic nitrogens is 2. The van der Waals surface area contributed by atoms with Crippen LogP contribution in [0, 0.1) is 0 Å². The lowest BCUT2D eigenvalue weighted by molar-refractivity contribution is -0.121. The van der Waals surface area contributed by atoms with Gasteiger partial charge in [0.2, 0.25) is 21.9 Å². The average molecular weight is 444 g/mol. The summed E-state index contributed by atoms with van der Waals surface area (Å²) in [5.41, 5.74) is 1.03. The summed E-state index contributed by atoms with van der Waals surface area (Å²) >= 11 is 0. The molecule has 164 valence electrons. The fraction of sp³-hybridized carbons (Fsp3) is 0.476. The van der Waals surface area contributed by atoms with E-state index >= 15 is 0 Å². The molecule has 3 N–H and O–H groups in total. The minimum absolute atomic E-state index is 0.0521. The third kappa shape index (κ3) is 3.38. The molecule has 0 bridgehead atoms. The normalized spacial score (nSPS) is 24.3. The summed E-state index contributed by atoms with van der Waals surface area (Å²) in [4.78, 5) is 24.3. The van der Waals surface area contributed by atoms with Crippen LogP contribution in [-0.4, -0.2) is 48.6 Å². The Bertz CT molecular complexity index is 1130. The number of nitrogens with one attached hydrogen (secondary N) is 2. The van der Waals surface area contributed by atoms with Crippen LogP contribution in [0.5, 0.6) is 0 Å². The minimum atomic E-state index is -3.51. The van der Waals surface area contributed by atoms with Crippen molar-refractivity contribution in [3.8, 4) is 0 Å². The molecule has 0 unspecified atom stereocenters. The number of aliphatic hydroxyl groups excluding tert-OH is 1. The van der Waals surface area contributed by atoms with Gasteiger partial charge in [-0.3, -0.25) is 9.69 Å². The van der Waals surface area contributed by atoms with E-state index in [2.05, 4.69) is 20.0 Å². The zero-order valence-electron chi connectivity index (χ0n) is 17.2. The van der Waals surface area contributed by atoms with E-state index in [1.54, 1.807) is 23.2 Å². The van der Waals surface area contributed by atoms with Crippen molar-refractivity contribution in [1.82, 2.24) is 14.7 Å². The van der Waals surface area contributed by atoms with Crippen molar-refractivity contribution >= 4 is 33.4 Å². The molecule has 1 aliphatic heterocycles. The number of carbonyl (C=O) groups is 1. The highest BCUT2D eigenvalue weighted by molar-refractivity contribution is 7.89. The zero-order valence-corrected chi connectivity index (χ0v) is 18.0. The number of hydrogen-bond acceptors (Lipinski definition) is 7. The summed E-state index contributed by atoms with van der Waals surface area (Å²) in [5, 5.41) is 13.2. The van der Waals surface area contributed by atoms with Crippen molar-refractivity contribution in [3.05, 3.63) is 36.0 Å². The first-order valence-corrected chi connectivity index (χ1v) is 12.0. The van der Waals surface area contributed by atoms with Crippen LogP contribution >= 0.6 is 0 Å². The van der Waals surface area contributed by atoms with Crippen LogP contribution < -0.4 is 14.9 Å². The maximum absolute atomic E-state index is 13.3. The third-order valence-corrected chi connectivity index (χ3v) is 7.99. The number of anilines is 3. The van der Waals surface area contributed by atoms with Crippen LogP contribution in [0.3, 0.4) is 0 Å². The molecule has 3 aliphatic rings. The molecule has 31 heavy (non-hydrogen) atoms. The topological polar surface area (TPSA) is 125 Å². The van der Waals surface area contributed by atoms with E-state index < -0.39 is 21.5 Å². The molecule has 1 aromatic heterocycles. The van der Waals surface area contributed by atoms with Crippen molar-refractivity contribution in [2.24, 2.45) is 0 Å². The standard InChI is InChI=1S/C21H25N5O4S/c1-22-31(29,30)16-7-5-13(6-8-16)24-20-23-12-17-18(25-20)26(19(28)21(17)9-10-21)14-3-2-4-15(27)11-14/h5-8,12,14-15,22,27H,2-4,9-11H2,1H3,(H,23,24,25)/t14-,15-/m1/s1. The molecule has 10 heteroatoms. The first kappa shape index (κ1) is 20.3. The van der Waals surface area contributed by atoms with Gasteiger partial charge in [0.25, 0.3) is 0 Å². The zero-order chi connectivity index (χ0) is 21.8. The number of hydrogen-bond donors (Lipinski definition) is 3. The van der Waals surface area contributed by atoms with E-state index in [0.29, 0.717) is 23.9 Å². The SMILES string of the molecule is CNS(=O)(=O)c1ccc(Nc2ncc3c(n2)N([C@@H]2CCC[C@@H](O)C2)C(=O)C32CC2)cc1. The second kappa shape index (κ2) is 7.25. The molecule has 2 aromatic rings. The van der Waals surface area contributed by atoms with Crippen LogP contribution in [0.15, 0.2) is 35.4 Å². The average Bonchev–Trinajstić information content (AvgIpc) is 3.52. The van der Waals surface area contributed by atoms with Crippen LogP contribution in [0.1, 0.15) is 44.1 Å². The van der Waals surface area contributed by atoms with Crippen molar-refractivity contribution in [3.63, 3.8) is 0 Å². The van der Waals surface area contributed by atoms with Gasteiger partial charge in [0.1, 0.15) is 5.82 Å². The van der Waals surface area contributed by atoms with Crippen LogP contribution in [0.2, 0.25) is 0 Å². The second-order valence-corrected chi connectivity index (χ2v) is 10.4. The van der Waals surface area contributed by atoms with Crippen molar-refractivity contribution in [2.45, 2.75) is 61.0 Å². The Kier molecular flexibility index (Phi) is 4.76. The van der Waals surface area contributed by atoms with E-state index in [-0.39, 0.29) is 16.8 Å². The van der Waals surface area contributed by atoms with E-state index in [4.69, 9.17) is 0 Å². The molecular weight excluding hydrogens is 418 g/mol. The predicted octanol–water partition coefficient (Wildman–Crippen LogP) is 1.81. The lowest BCUT2D eigenvalue weighted by Crippen LogP contribution is -2.44. The Morgan fingerprint density at radius 3 is 2.58 bits per heavy atom. The van der Waals surface area contributed by atoms with Gasteiger partial charge in [-0.1, -0.05) is 0 Å². The van der Waals surface area contributed by atoms with Crippen molar-refractivity contribution in [1.29, 1.82) is 0 Å². The fourth-order valence-electron chi connectivity index (χ4n) is 4.68. The molecule has 2 fully saturated rings. The number of aliphatic hydroxyl groups is 1. The minimum Gasteiger partial charge on any atom is -0.393 e. The number of nitrogens with zero attached hydrogens (tertiary/aromatic N) is 3. The molecule has 1 aromatic carbocycles. The van der Waals surface area contributed by atoms with Crippen LogP contribution in [-0.2, 0) is 20.2 Å². The van der Waals surface area contributed by atoms with Gasteiger partial charge in [-0.2, -0.15) is 4.98 Å². The summed E-state index contributed by atoms with van der Waals surface area (Å²) in [6, 6.07) is 6.23. The highest BCUT2D eigenvalue weighted by atomic mass is 32.2. The quantitative estimate of drug-likeness (QED) is 0.644. The number of fused-ring (bicyclic) bond motifs is 2. The van der Waals surface area contributed by atoms with Gasteiger partial charge >= 0.3 is 0 Å². The predicted molar refractivity (Wildman–Crippen MR) is 115 cm³/mol. The van der Waals surface area contributed by atoms with Crippen LogP contribution in [0.4, 0.5) is 17.5 Å². The first-order chi connectivity index (χ1) is 14.8. The van der Waals surface area contributed by atoms with Gasteiger partial charge < -0.3 is 10.4 Å². The summed E-state index contributed by atoms with van der Waals surface area (Å²) in [5.74, 6) is 1.05. The third-order valence-electron chi connectivity index (χ3n) is 6.56. The first-order valence-electron chi connectivity index (χ1n) is 10.5. The molecule has 0 radical (unpaired) electrons. The van der Waals surface area contributed by atoms with E-state index in [1.165, 1.54) is 19.2 Å². The molecule has 2 saturated carbocycles. The molecule has 2 heterocycles. The van der Waals surface area contributed by atoms with Gasteiger partial charge in [-0.05, 0) is 69.8 Å². The van der Waals surface area contributed by atoms with E-state index in [0.717, 1.165) is 37.7 Å². The summed E-state index contributed by atoms with van der Waals surface area (Å²) in [7, 11) is -2.14. The highest BCUT2D eigenvalue weighted by Crippen LogP contribution is 2.57. The maximum Gasteiger partial charge on any atom is 0.240 e.